The van der Waals surface area contributed by atoms with Gasteiger partial charge in [-0.2, -0.15) is 0 Å². The van der Waals surface area contributed by atoms with Gasteiger partial charge in [-0.1, -0.05) is 54.6 Å². The number of hydrogen-bond donors (Lipinski definition) is 0. The SMILES string of the molecule is CCOC(=O)CCc1ccc(Cc2cc3c(cc2OCc2ccccc2)OCCO3)cc1. The molecule has 0 aromatic heterocycles. The molecule has 1 aliphatic rings. The first-order valence-electron chi connectivity index (χ1n) is 11.0. The van der Waals surface area contributed by atoms with E-state index in [4.69, 9.17) is 18.9 Å². The molecule has 0 saturated carbocycles. The number of carbonyl (C=O) groups excluding carboxylic acids is 1. The zero-order valence-corrected chi connectivity index (χ0v) is 18.3. The van der Waals surface area contributed by atoms with Crippen LogP contribution in [0.2, 0.25) is 0 Å². The molecular weight excluding hydrogens is 404 g/mol. The topological polar surface area (TPSA) is 54.0 Å². The largest absolute Gasteiger partial charge is 0.488 e. The zero-order valence-electron chi connectivity index (χ0n) is 18.3. The molecule has 0 saturated heterocycles. The Bertz CT molecular complexity index is 1030. The summed E-state index contributed by atoms with van der Waals surface area (Å²) in [5, 5.41) is 0. The average Bonchev–Trinajstić information content (AvgIpc) is 2.83. The Morgan fingerprint density at radius 2 is 1.56 bits per heavy atom. The van der Waals surface area contributed by atoms with Crippen LogP contribution in [0.25, 0.3) is 0 Å². The van der Waals surface area contributed by atoms with E-state index in [0.29, 0.717) is 45.7 Å². The lowest BCUT2D eigenvalue weighted by molar-refractivity contribution is -0.143. The van der Waals surface area contributed by atoms with E-state index < -0.39 is 0 Å². The third-order valence-electron chi connectivity index (χ3n) is 5.30. The summed E-state index contributed by atoms with van der Waals surface area (Å²) in [4.78, 5) is 11.6. The van der Waals surface area contributed by atoms with Crippen LogP contribution in [0.15, 0.2) is 66.7 Å². The summed E-state index contributed by atoms with van der Waals surface area (Å²) in [7, 11) is 0. The molecule has 1 aliphatic heterocycles. The Morgan fingerprint density at radius 1 is 0.875 bits per heavy atom. The second-order valence-corrected chi connectivity index (χ2v) is 7.68. The summed E-state index contributed by atoms with van der Waals surface area (Å²) in [5.74, 6) is 2.11. The summed E-state index contributed by atoms with van der Waals surface area (Å²) in [6, 6.07) is 22.4. The average molecular weight is 433 g/mol. The highest BCUT2D eigenvalue weighted by atomic mass is 16.6. The van der Waals surface area contributed by atoms with Crippen molar-refractivity contribution in [3.8, 4) is 17.2 Å². The Kier molecular flexibility index (Phi) is 7.28. The molecule has 4 rings (SSSR count). The number of aryl methyl sites for hydroxylation is 1. The van der Waals surface area contributed by atoms with Crippen molar-refractivity contribution in [1.29, 1.82) is 0 Å². The molecule has 5 heteroatoms. The van der Waals surface area contributed by atoms with E-state index in [1.165, 1.54) is 0 Å². The van der Waals surface area contributed by atoms with E-state index in [1.54, 1.807) is 0 Å². The lowest BCUT2D eigenvalue weighted by Gasteiger charge is -2.21. The quantitative estimate of drug-likeness (QED) is 0.439. The van der Waals surface area contributed by atoms with Crippen molar-refractivity contribution in [3.05, 3.63) is 89.0 Å². The van der Waals surface area contributed by atoms with Gasteiger partial charge in [0.05, 0.1) is 6.61 Å². The van der Waals surface area contributed by atoms with Crippen molar-refractivity contribution < 1.29 is 23.7 Å². The predicted molar refractivity (Wildman–Crippen MR) is 122 cm³/mol. The molecule has 0 radical (unpaired) electrons. The summed E-state index contributed by atoms with van der Waals surface area (Å²) < 4.78 is 22.7. The Morgan fingerprint density at radius 3 is 2.28 bits per heavy atom. The molecule has 0 fully saturated rings. The molecule has 32 heavy (non-hydrogen) atoms. The number of hydrogen-bond acceptors (Lipinski definition) is 5. The minimum absolute atomic E-state index is 0.159. The van der Waals surface area contributed by atoms with Gasteiger partial charge in [-0.3, -0.25) is 4.79 Å². The first-order chi connectivity index (χ1) is 15.7. The Labute approximate surface area is 188 Å². The minimum Gasteiger partial charge on any atom is -0.488 e. The number of benzene rings is 3. The standard InChI is InChI=1S/C27H28O5/c1-2-29-27(28)13-12-20-8-10-21(11-9-20)16-23-17-25-26(31-15-14-30-25)18-24(23)32-19-22-6-4-3-5-7-22/h3-11,17-18H,2,12-16,19H2,1H3. The van der Waals surface area contributed by atoms with Gasteiger partial charge in [0.2, 0.25) is 0 Å². The predicted octanol–water partition coefficient (Wildman–Crippen LogP) is 5.12. The number of carbonyl (C=O) groups is 1. The van der Waals surface area contributed by atoms with Gasteiger partial charge in [0.15, 0.2) is 11.5 Å². The lowest BCUT2D eigenvalue weighted by Crippen LogP contribution is -2.16. The van der Waals surface area contributed by atoms with Gasteiger partial charge in [-0.05, 0) is 36.1 Å². The van der Waals surface area contributed by atoms with Crippen molar-refractivity contribution in [2.45, 2.75) is 32.8 Å². The lowest BCUT2D eigenvalue weighted by atomic mass is 10.0. The van der Waals surface area contributed by atoms with Gasteiger partial charge in [-0.15, -0.1) is 0 Å². The van der Waals surface area contributed by atoms with Crippen LogP contribution in [0.3, 0.4) is 0 Å². The molecule has 0 aliphatic carbocycles. The van der Waals surface area contributed by atoms with Crippen LogP contribution in [0, 0.1) is 0 Å². The van der Waals surface area contributed by atoms with E-state index in [1.807, 2.05) is 49.4 Å². The summed E-state index contributed by atoms with van der Waals surface area (Å²) in [6.07, 6.45) is 1.78. The number of fused-ring (bicyclic) bond motifs is 1. The summed E-state index contributed by atoms with van der Waals surface area (Å²) in [5.41, 5.74) is 4.43. The maximum absolute atomic E-state index is 11.6. The number of esters is 1. The van der Waals surface area contributed by atoms with Gasteiger partial charge < -0.3 is 18.9 Å². The van der Waals surface area contributed by atoms with Crippen LogP contribution < -0.4 is 14.2 Å². The van der Waals surface area contributed by atoms with Gasteiger partial charge in [0.25, 0.3) is 0 Å². The van der Waals surface area contributed by atoms with Crippen molar-refractivity contribution in [3.63, 3.8) is 0 Å². The van der Waals surface area contributed by atoms with Crippen LogP contribution in [-0.4, -0.2) is 25.8 Å². The maximum atomic E-state index is 11.6. The van der Waals surface area contributed by atoms with Crippen LogP contribution in [0.5, 0.6) is 17.2 Å². The minimum atomic E-state index is -0.159. The highest BCUT2D eigenvalue weighted by molar-refractivity contribution is 5.69. The van der Waals surface area contributed by atoms with Crippen molar-refractivity contribution in [1.82, 2.24) is 0 Å². The Hall–Kier alpha value is -3.47. The normalized spacial score (nSPS) is 12.3. The highest BCUT2D eigenvalue weighted by Crippen LogP contribution is 2.38. The number of rotatable bonds is 9. The van der Waals surface area contributed by atoms with E-state index in [9.17, 15) is 4.79 Å². The molecule has 0 amide bonds. The molecule has 5 nitrogen and oxygen atoms in total. The molecule has 1 heterocycles. The molecule has 0 atom stereocenters. The second-order valence-electron chi connectivity index (χ2n) is 7.68. The van der Waals surface area contributed by atoms with E-state index in [-0.39, 0.29) is 5.97 Å². The fourth-order valence-electron chi connectivity index (χ4n) is 3.64. The number of ether oxygens (including phenoxy) is 4. The van der Waals surface area contributed by atoms with Gasteiger partial charge in [0.1, 0.15) is 25.6 Å². The van der Waals surface area contributed by atoms with Crippen molar-refractivity contribution in [2.24, 2.45) is 0 Å². The fraction of sp³-hybridized carbons (Fsp3) is 0.296. The molecule has 0 N–H and O–H groups in total. The smallest absolute Gasteiger partial charge is 0.306 e. The maximum Gasteiger partial charge on any atom is 0.306 e. The molecule has 0 bridgehead atoms. The second kappa shape index (κ2) is 10.7. The molecule has 0 spiro atoms. The molecule has 3 aromatic rings. The third-order valence-corrected chi connectivity index (χ3v) is 5.30. The zero-order chi connectivity index (χ0) is 22.2. The summed E-state index contributed by atoms with van der Waals surface area (Å²) in [6.45, 7) is 3.81. The molecular formula is C27H28O5. The fourth-order valence-corrected chi connectivity index (χ4v) is 3.64. The highest BCUT2D eigenvalue weighted by Gasteiger charge is 2.17. The van der Waals surface area contributed by atoms with Crippen LogP contribution in [0.4, 0.5) is 0 Å². The van der Waals surface area contributed by atoms with E-state index in [2.05, 4.69) is 24.3 Å². The van der Waals surface area contributed by atoms with Crippen molar-refractivity contribution >= 4 is 5.97 Å². The Balaban J connectivity index is 1.48. The molecule has 0 unspecified atom stereocenters. The van der Waals surface area contributed by atoms with Crippen LogP contribution >= 0.6 is 0 Å². The van der Waals surface area contributed by atoms with Crippen LogP contribution in [0.1, 0.15) is 35.6 Å². The monoisotopic (exact) mass is 432 g/mol. The first kappa shape index (κ1) is 21.8. The first-order valence-corrected chi connectivity index (χ1v) is 11.0. The molecule has 166 valence electrons. The van der Waals surface area contributed by atoms with Gasteiger partial charge in [0, 0.05) is 24.5 Å². The van der Waals surface area contributed by atoms with Crippen molar-refractivity contribution in [2.75, 3.05) is 19.8 Å². The van der Waals surface area contributed by atoms with E-state index >= 15 is 0 Å². The van der Waals surface area contributed by atoms with Gasteiger partial charge in [-0.25, -0.2) is 0 Å². The van der Waals surface area contributed by atoms with Crippen LogP contribution in [-0.2, 0) is 29.0 Å². The van der Waals surface area contributed by atoms with Gasteiger partial charge >= 0.3 is 5.97 Å². The molecule has 3 aromatic carbocycles. The summed E-state index contributed by atoms with van der Waals surface area (Å²) >= 11 is 0. The third kappa shape index (κ3) is 5.82. The van der Waals surface area contributed by atoms with E-state index in [0.717, 1.165) is 39.5 Å².